The SMILES string of the molecule is COc1ccc2c(-c3ccc(C#N)cc3)cc(=O)[nH]c2c1. The molecule has 0 amide bonds. The number of H-pyrrole nitrogens is 1. The van der Waals surface area contributed by atoms with Gasteiger partial charge in [0.05, 0.1) is 24.3 Å². The molecule has 0 unspecified atom stereocenters. The van der Waals surface area contributed by atoms with E-state index in [4.69, 9.17) is 10.00 Å². The van der Waals surface area contributed by atoms with E-state index < -0.39 is 0 Å². The van der Waals surface area contributed by atoms with Gasteiger partial charge < -0.3 is 9.72 Å². The molecule has 0 aliphatic heterocycles. The summed E-state index contributed by atoms with van der Waals surface area (Å²) in [5.74, 6) is 0.690. The molecule has 0 fully saturated rings. The Hall–Kier alpha value is -3.06. The van der Waals surface area contributed by atoms with Gasteiger partial charge in [0.15, 0.2) is 0 Å². The first-order valence-corrected chi connectivity index (χ1v) is 6.43. The Bertz CT molecular complexity index is 903. The summed E-state index contributed by atoms with van der Waals surface area (Å²) in [6, 6.07) is 16.4. The number of rotatable bonds is 2. The highest BCUT2D eigenvalue weighted by Crippen LogP contribution is 2.28. The van der Waals surface area contributed by atoms with E-state index in [-0.39, 0.29) is 5.56 Å². The van der Waals surface area contributed by atoms with E-state index in [0.717, 1.165) is 22.0 Å². The number of fused-ring (bicyclic) bond motifs is 1. The number of hydrogen-bond donors (Lipinski definition) is 1. The number of methoxy groups -OCH3 is 1. The van der Waals surface area contributed by atoms with Gasteiger partial charge in [-0.3, -0.25) is 4.79 Å². The predicted molar refractivity (Wildman–Crippen MR) is 81.3 cm³/mol. The number of ether oxygens (including phenoxy) is 1. The fourth-order valence-corrected chi connectivity index (χ4v) is 2.33. The summed E-state index contributed by atoms with van der Waals surface area (Å²) >= 11 is 0. The third-order valence-electron chi connectivity index (χ3n) is 3.38. The molecule has 4 nitrogen and oxygen atoms in total. The van der Waals surface area contributed by atoms with Crippen molar-refractivity contribution < 1.29 is 4.74 Å². The summed E-state index contributed by atoms with van der Waals surface area (Å²) < 4.78 is 5.18. The fraction of sp³-hybridized carbons (Fsp3) is 0.0588. The largest absolute Gasteiger partial charge is 0.497 e. The minimum Gasteiger partial charge on any atom is -0.497 e. The minimum atomic E-state index is -0.171. The minimum absolute atomic E-state index is 0.171. The maximum atomic E-state index is 11.9. The van der Waals surface area contributed by atoms with Crippen LogP contribution in [0.1, 0.15) is 5.56 Å². The van der Waals surface area contributed by atoms with Crippen LogP contribution >= 0.6 is 0 Å². The van der Waals surface area contributed by atoms with Crippen molar-refractivity contribution in [3.63, 3.8) is 0 Å². The van der Waals surface area contributed by atoms with Crippen LogP contribution in [0.4, 0.5) is 0 Å². The Labute approximate surface area is 121 Å². The van der Waals surface area contributed by atoms with Crippen LogP contribution in [0.5, 0.6) is 5.75 Å². The van der Waals surface area contributed by atoms with Gasteiger partial charge in [-0.25, -0.2) is 0 Å². The number of hydrogen-bond acceptors (Lipinski definition) is 3. The van der Waals surface area contributed by atoms with Crippen LogP contribution in [0.3, 0.4) is 0 Å². The topological polar surface area (TPSA) is 65.9 Å². The number of nitrogens with zero attached hydrogens (tertiary/aromatic N) is 1. The summed E-state index contributed by atoms with van der Waals surface area (Å²) in [4.78, 5) is 14.7. The van der Waals surface area contributed by atoms with Crippen LogP contribution in [-0.4, -0.2) is 12.1 Å². The van der Waals surface area contributed by atoms with Crippen molar-refractivity contribution in [2.45, 2.75) is 0 Å². The van der Waals surface area contributed by atoms with Crippen molar-refractivity contribution in [1.82, 2.24) is 4.98 Å². The standard InChI is InChI=1S/C17H12N2O2/c1-21-13-6-7-14-15(9-17(20)19-16(14)8-13)12-4-2-11(10-18)3-5-12/h2-9H,1H3,(H,19,20). The number of benzene rings is 2. The number of pyridine rings is 1. The molecule has 0 saturated heterocycles. The van der Waals surface area contributed by atoms with Gasteiger partial charge in [0.2, 0.25) is 5.56 Å². The van der Waals surface area contributed by atoms with E-state index in [0.29, 0.717) is 11.3 Å². The Balaban J connectivity index is 2.26. The molecule has 1 heterocycles. The summed E-state index contributed by atoms with van der Waals surface area (Å²) in [5, 5.41) is 9.78. The number of aromatic amines is 1. The Morgan fingerprint density at radius 1 is 1.10 bits per heavy atom. The molecule has 2 aromatic carbocycles. The van der Waals surface area contributed by atoms with Crippen molar-refractivity contribution >= 4 is 10.9 Å². The molecule has 0 aliphatic carbocycles. The predicted octanol–water partition coefficient (Wildman–Crippen LogP) is 3.08. The van der Waals surface area contributed by atoms with Gasteiger partial charge in [-0.1, -0.05) is 12.1 Å². The molecule has 3 rings (SSSR count). The Kier molecular flexibility index (Phi) is 3.17. The first-order chi connectivity index (χ1) is 10.2. The Morgan fingerprint density at radius 3 is 2.52 bits per heavy atom. The average molecular weight is 276 g/mol. The van der Waals surface area contributed by atoms with Gasteiger partial charge in [0.1, 0.15) is 5.75 Å². The first-order valence-electron chi connectivity index (χ1n) is 6.43. The average Bonchev–Trinajstić information content (AvgIpc) is 2.53. The summed E-state index contributed by atoms with van der Waals surface area (Å²) in [6.07, 6.45) is 0. The zero-order valence-corrected chi connectivity index (χ0v) is 11.4. The molecule has 0 bridgehead atoms. The maximum absolute atomic E-state index is 11.9. The van der Waals surface area contributed by atoms with E-state index in [1.54, 1.807) is 31.4 Å². The molecular formula is C17H12N2O2. The second-order valence-corrected chi connectivity index (χ2v) is 4.65. The summed E-state index contributed by atoms with van der Waals surface area (Å²) in [6.45, 7) is 0. The highest BCUT2D eigenvalue weighted by molar-refractivity contribution is 5.94. The zero-order valence-electron chi connectivity index (χ0n) is 11.4. The van der Waals surface area contributed by atoms with Gasteiger partial charge >= 0.3 is 0 Å². The second kappa shape index (κ2) is 5.14. The van der Waals surface area contributed by atoms with Crippen molar-refractivity contribution in [2.24, 2.45) is 0 Å². The van der Waals surface area contributed by atoms with Crippen LogP contribution in [0.2, 0.25) is 0 Å². The molecule has 4 heteroatoms. The lowest BCUT2D eigenvalue weighted by atomic mass is 10.0. The first kappa shape index (κ1) is 12.9. The molecule has 21 heavy (non-hydrogen) atoms. The number of aromatic nitrogens is 1. The van der Waals surface area contributed by atoms with Crippen molar-refractivity contribution in [3.8, 4) is 22.9 Å². The van der Waals surface area contributed by atoms with E-state index >= 15 is 0 Å². The van der Waals surface area contributed by atoms with Crippen molar-refractivity contribution in [1.29, 1.82) is 5.26 Å². The van der Waals surface area contributed by atoms with E-state index in [2.05, 4.69) is 11.1 Å². The smallest absolute Gasteiger partial charge is 0.249 e. The zero-order chi connectivity index (χ0) is 14.8. The van der Waals surface area contributed by atoms with Gasteiger partial charge in [-0.05, 0) is 35.4 Å². The van der Waals surface area contributed by atoms with E-state index in [1.165, 1.54) is 0 Å². The highest BCUT2D eigenvalue weighted by Gasteiger charge is 2.07. The molecule has 0 radical (unpaired) electrons. The van der Waals surface area contributed by atoms with E-state index in [9.17, 15) is 4.79 Å². The molecule has 0 aliphatic rings. The van der Waals surface area contributed by atoms with Gasteiger partial charge in [0.25, 0.3) is 0 Å². The molecule has 0 atom stereocenters. The lowest BCUT2D eigenvalue weighted by Gasteiger charge is -2.08. The van der Waals surface area contributed by atoms with Crippen LogP contribution in [0.15, 0.2) is 53.3 Å². The van der Waals surface area contributed by atoms with Gasteiger partial charge in [0, 0.05) is 17.5 Å². The van der Waals surface area contributed by atoms with Crippen molar-refractivity contribution in [3.05, 3.63) is 64.4 Å². The van der Waals surface area contributed by atoms with E-state index in [1.807, 2.05) is 24.3 Å². The van der Waals surface area contributed by atoms with Crippen LogP contribution in [0.25, 0.3) is 22.0 Å². The molecular weight excluding hydrogens is 264 g/mol. The lowest BCUT2D eigenvalue weighted by Crippen LogP contribution is -2.05. The molecule has 0 spiro atoms. The third-order valence-corrected chi connectivity index (χ3v) is 3.38. The second-order valence-electron chi connectivity index (χ2n) is 4.65. The fourth-order valence-electron chi connectivity index (χ4n) is 2.33. The quantitative estimate of drug-likeness (QED) is 0.782. The maximum Gasteiger partial charge on any atom is 0.249 e. The van der Waals surface area contributed by atoms with Crippen molar-refractivity contribution in [2.75, 3.05) is 7.11 Å². The van der Waals surface area contributed by atoms with Gasteiger partial charge in [-0.2, -0.15) is 5.26 Å². The molecule has 0 saturated carbocycles. The number of nitrogens with one attached hydrogen (secondary N) is 1. The molecule has 102 valence electrons. The third kappa shape index (κ3) is 2.37. The Morgan fingerprint density at radius 2 is 1.86 bits per heavy atom. The van der Waals surface area contributed by atoms with Gasteiger partial charge in [-0.15, -0.1) is 0 Å². The highest BCUT2D eigenvalue weighted by atomic mass is 16.5. The summed E-state index contributed by atoms with van der Waals surface area (Å²) in [7, 11) is 1.59. The monoisotopic (exact) mass is 276 g/mol. The molecule has 1 N–H and O–H groups in total. The molecule has 3 aromatic rings. The van der Waals surface area contributed by atoms with Crippen LogP contribution < -0.4 is 10.3 Å². The van der Waals surface area contributed by atoms with Crippen LogP contribution in [0, 0.1) is 11.3 Å². The summed E-state index contributed by atoms with van der Waals surface area (Å²) in [5.41, 5.74) is 2.88. The normalized spacial score (nSPS) is 10.3. The number of nitriles is 1. The lowest BCUT2D eigenvalue weighted by molar-refractivity contribution is 0.415. The molecule has 1 aromatic heterocycles. The van der Waals surface area contributed by atoms with Crippen LogP contribution in [-0.2, 0) is 0 Å².